The molecule has 1 N–H and O–H groups in total. The van der Waals surface area contributed by atoms with Crippen LogP contribution in [0.15, 0.2) is 52.3 Å². The lowest BCUT2D eigenvalue weighted by Crippen LogP contribution is -2.35. The first kappa shape index (κ1) is 17.4. The van der Waals surface area contributed by atoms with Crippen molar-refractivity contribution < 1.29 is 9.18 Å². The zero-order valence-corrected chi connectivity index (χ0v) is 15.3. The lowest BCUT2D eigenvalue weighted by atomic mass is 10.0. The minimum Gasteiger partial charge on any atom is -0.348 e. The number of fused-ring (bicyclic) bond motifs is 1. The third-order valence-corrected chi connectivity index (χ3v) is 6.27. The highest BCUT2D eigenvalue weighted by Crippen LogP contribution is 2.36. The Morgan fingerprint density at radius 2 is 2.04 bits per heavy atom. The minimum absolute atomic E-state index is 0.00677. The van der Waals surface area contributed by atoms with Gasteiger partial charge in [0.05, 0.1) is 11.3 Å². The second-order valence-electron chi connectivity index (χ2n) is 5.95. The van der Waals surface area contributed by atoms with Crippen LogP contribution in [0.1, 0.15) is 30.5 Å². The lowest BCUT2D eigenvalue weighted by molar-refractivity contribution is -0.121. The van der Waals surface area contributed by atoms with Gasteiger partial charge in [-0.3, -0.25) is 4.79 Å². The van der Waals surface area contributed by atoms with Gasteiger partial charge in [0.1, 0.15) is 5.82 Å². The molecule has 0 aliphatic carbocycles. The molecule has 2 atom stereocenters. The SMILES string of the molecule is Cc1ccc(SC(C)C(=O)NC2CCSc3ccc(F)cc32)cc1. The Morgan fingerprint density at radius 3 is 2.79 bits per heavy atom. The predicted octanol–water partition coefficient (Wildman–Crippen LogP) is 4.97. The van der Waals surface area contributed by atoms with Crippen molar-refractivity contribution in [2.24, 2.45) is 0 Å². The molecule has 0 aromatic heterocycles. The normalized spacial score (nSPS) is 17.9. The molecule has 1 heterocycles. The molecule has 24 heavy (non-hydrogen) atoms. The summed E-state index contributed by atoms with van der Waals surface area (Å²) >= 11 is 3.26. The largest absolute Gasteiger partial charge is 0.348 e. The third kappa shape index (κ3) is 4.14. The first-order chi connectivity index (χ1) is 11.5. The maximum atomic E-state index is 13.6. The Hall–Kier alpha value is -1.46. The first-order valence-corrected chi connectivity index (χ1v) is 9.85. The summed E-state index contributed by atoms with van der Waals surface area (Å²) in [6.07, 6.45) is 0.828. The highest BCUT2D eigenvalue weighted by atomic mass is 32.2. The summed E-state index contributed by atoms with van der Waals surface area (Å²) in [5.74, 6) is 0.675. The van der Waals surface area contributed by atoms with E-state index in [0.29, 0.717) is 0 Å². The number of benzene rings is 2. The number of carbonyl (C=O) groups is 1. The molecule has 0 fully saturated rings. The summed E-state index contributed by atoms with van der Waals surface area (Å²) in [6.45, 7) is 3.95. The van der Waals surface area contributed by atoms with Crippen molar-refractivity contribution in [1.82, 2.24) is 5.32 Å². The van der Waals surface area contributed by atoms with Crippen LogP contribution in [0.5, 0.6) is 0 Å². The monoisotopic (exact) mass is 361 g/mol. The molecule has 1 aliphatic heterocycles. The Bertz CT molecular complexity index is 733. The van der Waals surface area contributed by atoms with Crippen LogP contribution in [0.2, 0.25) is 0 Å². The molecule has 1 amide bonds. The molecule has 0 saturated heterocycles. The molecule has 2 aromatic rings. The topological polar surface area (TPSA) is 29.1 Å². The highest BCUT2D eigenvalue weighted by molar-refractivity contribution is 8.00. The van der Waals surface area contributed by atoms with E-state index in [1.54, 1.807) is 35.7 Å². The number of thioether (sulfide) groups is 2. The van der Waals surface area contributed by atoms with E-state index < -0.39 is 0 Å². The lowest BCUT2D eigenvalue weighted by Gasteiger charge is -2.27. The van der Waals surface area contributed by atoms with Crippen LogP contribution in [0, 0.1) is 12.7 Å². The van der Waals surface area contributed by atoms with Crippen LogP contribution < -0.4 is 5.32 Å². The van der Waals surface area contributed by atoms with Gasteiger partial charge in [-0.2, -0.15) is 0 Å². The molecule has 2 unspecified atom stereocenters. The highest BCUT2D eigenvalue weighted by Gasteiger charge is 2.25. The molecule has 1 aliphatic rings. The maximum Gasteiger partial charge on any atom is 0.233 e. The van der Waals surface area contributed by atoms with E-state index in [-0.39, 0.29) is 23.0 Å². The summed E-state index contributed by atoms with van der Waals surface area (Å²) in [5, 5.41) is 2.90. The van der Waals surface area contributed by atoms with Crippen molar-refractivity contribution in [3.63, 3.8) is 0 Å². The number of amides is 1. The fourth-order valence-corrected chi connectivity index (χ4v) is 4.66. The van der Waals surface area contributed by atoms with Crippen molar-refractivity contribution in [1.29, 1.82) is 0 Å². The van der Waals surface area contributed by atoms with Crippen LogP contribution in [0.3, 0.4) is 0 Å². The van der Waals surface area contributed by atoms with Gasteiger partial charge < -0.3 is 5.32 Å². The van der Waals surface area contributed by atoms with Crippen molar-refractivity contribution in [3.05, 3.63) is 59.4 Å². The minimum atomic E-state index is -0.252. The van der Waals surface area contributed by atoms with E-state index >= 15 is 0 Å². The Kier molecular flexibility index (Phi) is 5.51. The molecule has 0 bridgehead atoms. The van der Waals surface area contributed by atoms with Crippen LogP contribution in [0.25, 0.3) is 0 Å². The Morgan fingerprint density at radius 1 is 1.29 bits per heavy atom. The van der Waals surface area contributed by atoms with Crippen LogP contribution >= 0.6 is 23.5 Å². The van der Waals surface area contributed by atoms with Crippen LogP contribution in [0.4, 0.5) is 4.39 Å². The predicted molar refractivity (Wildman–Crippen MR) is 99.1 cm³/mol. The summed E-state index contributed by atoms with van der Waals surface area (Å²) in [6, 6.07) is 12.9. The Labute approximate surface area is 150 Å². The van der Waals surface area contributed by atoms with Gasteiger partial charge in [-0.1, -0.05) is 17.7 Å². The smallest absolute Gasteiger partial charge is 0.233 e. The maximum absolute atomic E-state index is 13.6. The molecule has 3 rings (SSSR count). The molecule has 5 heteroatoms. The van der Waals surface area contributed by atoms with Crippen molar-refractivity contribution >= 4 is 29.4 Å². The van der Waals surface area contributed by atoms with Crippen LogP contribution in [-0.4, -0.2) is 16.9 Å². The third-order valence-electron chi connectivity index (χ3n) is 4.03. The zero-order valence-electron chi connectivity index (χ0n) is 13.7. The summed E-state index contributed by atoms with van der Waals surface area (Å²) in [7, 11) is 0. The summed E-state index contributed by atoms with van der Waals surface area (Å²) in [5.41, 5.74) is 2.10. The van der Waals surface area contributed by atoms with Gasteiger partial charge in [-0.05, 0) is 56.2 Å². The number of halogens is 1. The van der Waals surface area contributed by atoms with Gasteiger partial charge in [-0.15, -0.1) is 23.5 Å². The van der Waals surface area contributed by atoms with Gasteiger partial charge in [0.15, 0.2) is 0 Å². The molecule has 0 saturated carbocycles. The average Bonchev–Trinajstić information content (AvgIpc) is 2.57. The summed E-state index contributed by atoms with van der Waals surface area (Å²) in [4.78, 5) is 14.7. The standard InChI is InChI=1S/C19H20FNOS2/c1-12-3-6-15(7-4-12)24-13(2)19(22)21-17-9-10-23-18-8-5-14(20)11-16(17)18/h3-8,11,13,17H,9-10H2,1-2H3,(H,21,22). The molecule has 0 spiro atoms. The summed E-state index contributed by atoms with van der Waals surface area (Å²) < 4.78 is 13.6. The number of rotatable bonds is 4. The number of hydrogen-bond acceptors (Lipinski definition) is 3. The average molecular weight is 362 g/mol. The van der Waals surface area contributed by atoms with Gasteiger partial charge >= 0.3 is 0 Å². The fourth-order valence-electron chi connectivity index (χ4n) is 2.68. The fraction of sp³-hybridized carbons (Fsp3) is 0.316. The van der Waals surface area contributed by atoms with Crippen LogP contribution in [-0.2, 0) is 4.79 Å². The second kappa shape index (κ2) is 7.62. The molecule has 2 nitrogen and oxygen atoms in total. The van der Waals surface area contributed by atoms with E-state index in [2.05, 4.69) is 5.32 Å². The molecule has 2 aromatic carbocycles. The molecule has 126 valence electrons. The van der Waals surface area contributed by atoms with Gasteiger partial charge in [0, 0.05) is 15.5 Å². The van der Waals surface area contributed by atoms with E-state index in [0.717, 1.165) is 27.5 Å². The number of carbonyl (C=O) groups excluding carboxylic acids is 1. The molecule has 0 radical (unpaired) electrons. The second-order valence-corrected chi connectivity index (χ2v) is 8.50. The first-order valence-electron chi connectivity index (χ1n) is 7.99. The van der Waals surface area contributed by atoms with Gasteiger partial charge in [0.2, 0.25) is 5.91 Å². The van der Waals surface area contributed by atoms with Gasteiger partial charge in [-0.25, -0.2) is 4.39 Å². The number of hydrogen-bond donors (Lipinski definition) is 1. The van der Waals surface area contributed by atoms with E-state index in [1.165, 1.54) is 11.6 Å². The van der Waals surface area contributed by atoms with Gasteiger partial charge in [0.25, 0.3) is 0 Å². The zero-order chi connectivity index (χ0) is 17.1. The van der Waals surface area contributed by atoms with Crippen molar-refractivity contribution in [3.8, 4) is 0 Å². The Balaban J connectivity index is 1.67. The van der Waals surface area contributed by atoms with E-state index in [9.17, 15) is 9.18 Å². The van der Waals surface area contributed by atoms with E-state index in [1.807, 2.05) is 38.1 Å². The molecular formula is C19H20FNOS2. The number of aryl methyl sites for hydroxylation is 1. The van der Waals surface area contributed by atoms with Crippen molar-refractivity contribution in [2.75, 3.05) is 5.75 Å². The quantitative estimate of drug-likeness (QED) is 0.780. The van der Waals surface area contributed by atoms with E-state index in [4.69, 9.17) is 0 Å². The number of nitrogens with one attached hydrogen (secondary N) is 1. The molecular weight excluding hydrogens is 341 g/mol. The van der Waals surface area contributed by atoms with Crippen molar-refractivity contribution in [2.45, 2.75) is 41.4 Å².